The van der Waals surface area contributed by atoms with Gasteiger partial charge in [0.2, 0.25) is 5.82 Å². The molecule has 1 fully saturated rings. The van der Waals surface area contributed by atoms with Crippen molar-refractivity contribution in [1.29, 1.82) is 0 Å². The third-order valence-electron chi connectivity index (χ3n) is 4.02. The molecule has 0 atom stereocenters. The number of rotatable bonds is 5. The average Bonchev–Trinajstić information content (AvgIpc) is 2.98. The van der Waals surface area contributed by atoms with E-state index in [-0.39, 0.29) is 11.7 Å². The molecule has 1 aliphatic rings. The minimum absolute atomic E-state index is 0.180. The van der Waals surface area contributed by atoms with Crippen LogP contribution in [0.3, 0.4) is 0 Å². The molecule has 0 spiro atoms. The molecule has 1 aliphatic heterocycles. The molecule has 1 amide bonds. The molecule has 2 aromatic rings. The van der Waals surface area contributed by atoms with Gasteiger partial charge in [0.1, 0.15) is 0 Å². The van der Waals surface area contributed by atoms with E-state index in [0.29, 0.717) is 12.3 Å². The fourth-order valence-corrected chi connectivity index (χ4v) is 2.77. The summed E-state index contributed by atoms with van der Waals surface area (Å²) in [5, 5.41) is 7.09. The Morgan fingerprint density at radius 3 is 2.91 bits per heavy atom. The van der Waals surface area contributed by atoms with E-state index in [9.17, 15) is 4.79 Å². The molecule has 0 aliphatic carbocycles. The Kier molecular flexibility index (Phi) is 4.62. The van der Waals surface area contributed by atoms with Crippen LogP contribution in [0, 0.1) is 6.92 Å². The SMILES string of the molecule is Cc1ccnc2nc(C(=O)NCCCN3CCCCC3)nn12. The van der Waals surface area contributed by atoms with Crippen LogP contribution >= 0.6 is 0 Å². The standard InChI is InChI=1S/C15H22N6O/c1-12-6-8-17-15-18-13(19-21(12)15)14(22)16-7-5-11-20-9-3-2-4-10-20/h6,8H,2-5,7,9-11H2,1H3,(H,16,22). The molecule has 22 heavy (non-hydrogen) atoms. The van der Waals surface area contributed by atoms with E-state index in [1.54, 1.807) is 10.7 Å². The second-order valence-electron chi connectivity index (χ2n) is 5.75. The molecular formula is C15H22N6O. The second kappa shape index (κ2) is 6.83. The Hall–Kier alpha value is -2.02. The monoisotopic (exact) mass is 302 g/mol. The highest BCUT2D eigenvalue weighted by Crippen LogP contribution is 2.08. The van der Waals surface area contributed by atoms with Gasteiger partial charge in [-0.15, -0.1) is 5.10 Å². The molecule has 0 aromatic carbocycles. The molecule has 0 saturated carbocycles. The lowest BCUT2D eigenvalue weighted by molar-refractivity contribution is 0.0941. The maximum absolute atomic E-state index is 12.1. The Morgan fingerprint density at radius 2 is 2.14 bits per heavy atom. The normalized spacial score (nSPS) is 16.0. The predicted octanol–water partition coefficient (Wildman–Crippen LogP) is 1.04. The van der Waals surface area contributed by atoms with Crippen molar-refractivity contribution in [2.75, 3.05) is 26.2 Å². The molecule has 0 bridgehead atoms. The minimum Gasteiger partial charge on any atom is -0.349 e. The van der Waals surface area contributed by atoms with E-state index < -0.39 is 0 Å². The van der Waals surface area contributed by atoms with Crippen LogP contribution in [0.25, 0.3) is 5.78 Å². The number of aryl methyl sites for hydroxylation is 1. The van der Waals surface area contributed by atoms with Gasteiger partial charge in [-0.3, -0.25) is 4.79 Å². The molecule has 0 radical (unpaired) electrons. The van der Waals surface area contributed by atoms with E-state index in [0.717, 1.165) is 18.7 Å². The van der Waals surface area contributed by atoms with Crippen molar-refractivity contribution in [2.45, 2.75) is 32.6 Å². The number of aromatic nitrogens is 4. The Bertz CT molecular complexity index is 647. The number of carbonyl (C=O) groups excluding carboxylic acids is 1. The lowest BCUT2D eigenvalue weighted by Gasteiger charge is -2.26. The quantitative estimate of drug-likeness (QED) is 0.835. The summed E-state index contributed by atoms with van der Waals surface area (Å²) in [4.78, 5) is 22.8. The summed E-state index contributed by atoms with van der Waals surface area (Å²) in [6.07, 6.45) is 6.56. The number of amides is 1. The summed E-state index contributed by atoms with van der Waals surface area (Å²) in [5.74, 6) is 0.404. The van der Waals surface area contributed by atoms with Crippen LogP contribution < -0.4 is 5.32 Å². The second-order valence-corrected chi connectivity index (χ2v) is 5.75. The summed E-state index contributed by atoms with van der Waals surface area (Å²) in [7, 11) is 0. The first kappa shape index (κ1) is 14.9. The van der Waals surface area contributed by atoms with Crippen LogP contribution in [0.4, 0.5) is 0 Å². The summed E-state index contributed by atoms with van der Waals surface area (Å²) in [5.41, 5.74) is 0.904. The number of fused-ring (bicyclic) bond motifs is 1. The third-order valence-corrected chi connectivity index (χ3v) is 4.02. The predicted molar refractivity (Wildman–Crippen MR) is 82.8 cm³/mol. The van der Waals surface area contributed by atoms with Crippen molar-refractivity contribution < 1.29 is 4.79 Å². The first-order chi connectivity index (χ1) is 10.7. The Balaban J connectivity index is 1.49. The highest BCUT2D eigenvalue weighted by molar-refractivity contribution is 5.90. The Morgan fingerprint density at radius 1 is 1.32 bits per heavy atom. The first-order valence-corrected chi connectivity index (χ1v) is 7.93. The van der Waals surface area contributed by atoms with Gasteiger partial charge in [0, 0.05) is 18.4 Å². The van der Waals surface area contributed by atoms with Crippen molar-refractivity contribution in [1.82, 2.24) is 29.8 Å². The number of carbonyl (C=O) groups is 1. The van der Waals surface area contributed by atoms with E-state index in [2.05, 4.69) is 25.3 Å². The van der Waals surface area contributed by atoms with E-state index in [1.807, 2.05) is 13.0 Å². The molecule has 1 saturated heterocycles. The fraction of sp³-hybridized carbons (Fsp3) is 0.600. The van der Waals surface area contributed by atoms with Crippen molar-refractivity contribution >= 4 is 11.7 Å². The number of nitrogens with zero attached hydrogens (tertiary/aromatic N) is 5. The number of likely N-dealkylation sites (tertiary alicyclic amines) is 1. The molecule has 0 unspecified atom stereocenters. The van der Waals surface area contributed by atoms with Gasteiger partial charge in [0.05, 0.1) is 0 Å². The van der Waals surface area contributed by atoms with Crippen LogP contribution in [0.5, 0.6) is 0 Å². The molecule has 7 nitrogen and oxygen atoms in total. The smallest absolute Gasteiger partial charge is 0.291 e. The lowest BCUT2D eigenvalue weighted by atomic mass is 10.1. The van der Waals surface area contributed by atoms with Crippen molar-refractivity contribution in [2.24, 2.45) is 0 Å². The highest BCUT2D eigenvalue weighted by Gasteiger charge is 2.14. The van der Waals surface area contributed by atoms with Gasteiger partial charge in [0.25, 0.3) is 11.7 Å². The molecule has 118 valence electrons. The summed E-state index contributed by atoms with van der Waals surface area (Å²) < 4.78 is 1.59. The summed E-state index contributed by atoms with van der Waals surface area (Å²) in [6.45, 7) is 5.97. The maximum atomic E-state index is 12.1. The minimum atomic E-state index is -0.233. The zero-order valence-corrected chi connectivity index (χ0v) is 13.0. The van der Waals surface area contributed by atoms with Gasteiger partial charge in [-0.25, -0.2) is 9.50 Å². The topological polar surface area (TPSA) is 75.4 Å². The molecule has 7 heteroatoms. The fourth-order valence-electron chi connectivity index (χ4n) is 2.77. The maximum Gasteiger partial charge on any atom is 0.291 e. The molecule has 3 rings (SSSR count). The van der Waals surface area contributed by atoms with E-state index >= 15 is 0 Å². The molecule has 2 aromatic heterocycles. The third kappa shape index (κ3) is 3.41. The van der Waals surface area contributed by atoms with E-state index in [4.69, 9.17) is 0 Å². The molecular weight excluding hydrogens is 280 g/mol. The Labute approximate surface area is 129 Å². The average molecular weight is 302 g/mol. The molecule has 1 N–H and O–H groups in total. The highest BCUT2D eigenvalue weighted by atomic mass is 16.2. The van der Waals surface area contributed by atoms with Crippen molar-refractivity contribution in [3.8, 4) is 0 Å². The van der Waals surface area contributed by atoms with E-state index in [1.165, 1.54) is 32.4 Å². The van der Waals surface area contributed by atoms with Gasteiger partial charge < -0.3 is 10.2 Å². The van der Waals surface area contributed by atoms with Gasteiger partial charge in [-0.2, -0.15) is 4.98 Å². The summed E-state index contributed by atoms with van der Waals surface area (Å²) >= 11 is 0. The zero-order chi connectivity index (χ0) is 15.4. The van der Waals surface area contributed by atoms with Crippen LogP contribution in [0.2, 0.25) is 0 Å². The summed E-state index contributed by atoms with van der Waals surface area (Å²) in [6, 6.07) is 1.84. The van der Waals surface area contributed by atoms with Gasteiger partial charge in [-0.1, -0.05) is 6.42 Å². The van der Waals surface area contributed by atoms with Crippen LogP contribution in [-0.4, -0.2) is 56.6 Å². The number of nitrogens with one attached hydrogen (secondary N) is 1. The molecule has 3 heterocycles. The number of hydrogen-bond acceptors (Lipinski definition) is 5. The zero-order valence-electron chi connectivity index (χ0n) is 13.0. The first-order valence-electron chi connectivity index (χ1n) is 7.93. The van der Waals surface area contributed by atoms with Crippen molar-refractivity contribution in [3.63, 3.8) is 0 Å². The number of hydrogen-bond donors (Lipinski definition) is 1. The van der Waals surface area contributed by atoms with Crippen LogP contribution in [-0.2, 0) is 0 Å². The van der Waals surface area contributed by atoms with Crippen LogP contribution in [0.15, 0.2) is 12.3 Å². The van der Waals surface area contributed by atoms with Crippen molar-refractivity contribution in [3.05, 3.63) is 23.8 Å². The number of piperidine rings is 1. The largest absolute Gasteiger partial charge is 0.349 e. The van der Waals surface area contributed by atoms with Gasteiger partial charge >= 0.3 is 0 Å². The van der Waals surface area contributed by atoms with Gasteiger partial charge in [-0.05, 0) is 51.9 Å². The van der Waals surface area contributed by atoms with Gasteiger partial charge in [0.15, 0.2) is 0 Å². The van der Waals surface area contributed by atoms with Crippen LogP contribution in [0.1, 0.15) is 42.0 Å². The lowest BCUT2D eigenvalue weighted by Crippen LogP contribution is -2.33.